The van der Waals surface area contributed by atoms with Crippen LogP contribution in [0.5, 0.6) is 0 Å². The minimum Gasteiger partial charge on any atom is -0.369 e. The van der Waals surface area contributed by atoms with Crippen LogP contribution in [0.4, 0.5) is 5.95 Å². The second-order valence-electron chi connectivity index (χ2n) is 4.04. The van der Waals surface area contributed by atoms with Gasteiger partial charge >= 0.3 is 0 Å². The first-order chi connectivity index (χ1) is 9.06. The third-order valence-electron chi connectivity index (χ3n) is 2.80. The number of hydrogen-bond acceptors (Lipinski definition) is 2. The molecule has 0 aliphatic heterocycles. The van der Waals surface area contributed by atoms with Crippen molar-refractivity contribution in [2.45, 2.75) is 0 Å². The van der Waals surface area contributed by atoms with Crippen molar-refractivity contribution in [2.24, 2.45) is 0 Å². The second-order valence-corrected chi connectivity index (χ2v) is 6.21. The van der Waals surface area contributed by atoms with Gasteiger partial charge in [0.25, 0.3) is 0 Å². The van der Waals surface area contributed by atoms with Gasteiger partial charge in [-0.2, -0.15) is 0 Å². The molecule has 1 heterocycles. The molecule has 0 aliphatic rings. The van der Waals surface area contributed by atoms with Gasteiger partial charge in [-0.05, 0) is 52.3 Å². The van der Waals surface area contributed by atoms with Crippen LogP contribution < -0.4 is 5.73 Å². The van der Waals surface area contributed by atoms with Crippen LogP contribution in [-0.4, -0.2) is 9.55 Å². The molecule has 0 atom stereocenters. The van der Waals surface area contributed by atoms with Crippen LogP contribution in [0.15, 0.2) is 45.3 Å². The van der Waals surface area contributed by atoms with Gasteiger partial charge < -0.3 is 5.73 Å². The Morgan fingerprint density at radius 3 is 2.63 bits per heavy atom. The van der Waals surface area contributed by atoms with E-state index in [1.54, 1.807) is 0 Å². The monoisotopic (exact) mass is 399 g/mol. The van der Waals surface area contributed by atoms with Crippen molar-refractivity contribution in [3.05, 3.63) is 50.4 Å². The minimum atomic E-state index is 0.447. The molecule has 1 aromatic heterocycles. The Labute approximate surface area is 131 Å². The largest absolute Gasteiger partial charge is 0.369 e. The quantitative estimate of drug-likeness (QED) is 0.637. The Kier molecular flexibility index (Phi) is 3.28. The highest BCUT2D eigenvalue weighted by atomic mass is 79.9. The van der Waals surface area contributed by atoms with Gasteiger partial charge in [-0.1, -0.05) is 27.5 Å². The van der Waals surface area contributed by atoms with Crippen molar-refractivity contribution >= 4 is 60.4 Å². The lowest BCUT2D eigenvalue weighted by Gasteiger charge is -2.08. The molecule has 2 aromatic carbocycles. The van der Waals surface area contributed by atoms with Crippen LogP contribution in [0, 0.1) is 0 Å². The van der Waals surface area contributed by atoms with Gasteiger partial charge in [0, 0.05) is 8.95 Å². The fourth-order valence-corrected chi connectivity index (χ4v) is 2.80. The lowest BCUT2D eigenvalue weighted by Crippen LogP contribution is -2.00. The SMILES string of the molecule is Nc1nc2ccc(Br)cc2n1-c1ccc(Cl)c(Br)c1. The molecule has 0 aliphatic carbocycles. The van der Waals surface area contributed by atoms with Gasteiger partial charge in [0.2, 0.25) is 5.95 Å². The number of benzene rings is 2. The van der Waals surface area contributed by atoms with E-state index >= 15 is 0 Å². The molecular formula is C13H8Br2ClN3. The number of anilines is 1. The molecule has 3 rings (SSSR count). The summed E-state index contributed by atoms with van der Waals surface area (Å²) in [6.07, 6.45) is 0. The summed E-state index contributed by atoms with van der Waals surface area (Å²) in [5, 5.41) is 0.660. The van der Waals surface area contributed by atoms with Crippen LogP contribution in [-0.2, 0) is 0 Å². The molecule has 19 heavy (non-hydrogen) atoms. The van der Waals surface area contributed by atoms with E-state index in [2.05, 4.69) is 36.8 Å². The molecule has 0 amide bonds. The molecule has 3 nitrogen and oxygen atoms in total. The van der Waals surface area contributed by atoms with Crippen LogP contribution in [0.2, 0.25) is 5.02 Å². The van der Waals surface area contributed by atoms with Gasteiger partial charge in [0.05, 0.1) is 21.7 Å². The number of aromatic nitrogens is 2. The summed E-state index contributed by atoms with van der Waals surface area (Å²) in [5.74, 6) is 0.447. The predicted octanol–water partition coefficient (Wildman–Crippen LogP) is 4.79. The van der Waals surface area contributed by atoms with Gasteiger partial charge in [0.1, 0.15) is 0 Å². The maximum Gasteiger partial charge on any atom is 0.205 e. The third-order valence-corrected chi connectivity index (χ3v) is 4.51. The summed E-state index contributed by atoms with van der Waals surface area (Å²) in [4.78, 5) is 4.35. The van der Waals surface area contributed by atoms with Crippen molar-refractivity contribution < 1.29 is 0 Å². The van der Waals surface area contributed by atoms with Gasteiger partial charge in [-0.3, -0.25) is 4.57 Å². The maximum absolute atomic E-state index is 6.01. The number of rotatable bonds is 1. The Bertz CT molecular complexity index is 783. The van der Waals surface area contributed by atoms with E-state index in [0.717, 1.165) is 25.7 Å². The Hall–Kier alpha value is -1.04. The van der Waals surface area contributed by atoms with Crippen molar-refractivity contribution in [1.82, 2.24) is 9.55 Å². The number of nitrogen functional groups attached to an aromatic ring is 1. The molecule has 0 saturated heterocycles. The number of fused-ring (bicyclic) bond motifs is 1. The smallest absolute Gasteiger partial charge is 0.205 e. The molecule has 0 saturated carbocycles. The Balaban J connectivity index is 2.31. The van der Waals surface area contributed by atoms with Crippen LogP contribution in [0.25, 0.3) is 16.7 Å². The van der Waals surface area contributed by atoms with E-state index in [0.29, 0.717) is 11.0 Å². The van der Waals surface area contributed by atoms with E-state index in [-0.39, 0.29) is 0 Å². The first-order valence-corrected chi connectivity index (χ1v) is 7.41. The summed E-state index contributed by atoms with van der Waals surface area (Å²) in [6.45, 7) is 0. The fraction of sp³-hybridized carbons (Fsp3) is 0. The molecule has 0 fully saturated rings. The number of nitrogens with two attached hydrogens (primary N) is 1. The maximum atomic E-state index is 6.01. The molecule has 0 radical (unpaired) electrons. The summed E-state index contributed by atoms with van der Waals surface area (Å²) in [5.41, 5.74) is 8.72. The molecule has 6 heteroatoms. The van der Waals surface area contributed by atoms with E-state index in [1.807, 2.05) is 41.0 Å². The molecule has 0 spiro atoms. The summed E-state index contributed by atoms with van der Waals surface area (Å²) >= 11 is 12.9. The fourth-order valence-electron chi connectivity index (χ4n) is 1.96. The zero-order valence-corrected chi connectivity index (χ0v) is 13.5. The molecule has 0 unspecified atom stereocenters. The molecule has 2 N–H and O–H groups in total. The Morgan fingerprint density at radius 1 is 1.11 bits per heavy atom. The molecular weight excluding hydrogens is 393 g/mol. The normalized spacial score (nSPS) is 11.1. The zero-order valence-electron chi connectivity index (χ0n) is 9.57. The topological polar surface area (TPSA) is 43.8 Å². The summed E-state index contributed by atoms with van der Waals surface area (Å²) in [7, 11) is 0. The average Bonchev–Trinajstić information content (AvgIpc) is 2.68. The number of hydrogen-bond donors (Lipinski definition) is 1. The van der Waals surface area contributed by atoms with Crippen molar-refractivity contribution in [2.75, 3.05) is 5.73 Å². The van der Waals surface area contributed by atoms with Crippen molar-refractivity contribution in [3.8, 4) is 5.69 Å². The highest BCUT2D eigenvalue weighted by Gasteiger charge is 2.11. The van der Waals surface area contributed by atoms with Crippen LogP contribution in [0.1, 0.15) is 0 Å². The van der Waals surface area contributed by atoms with E-state index in [4.69, 9.17) is 17.3 Å². The van der Waals surface area contributed by atoms with E-state index in [1.165, 1.54) is 0 Å². The highest BCUT2D eigenvalue weighted by molar-refractivity contribution is 9.10. The first-order valence-electron chi connectivity index (χ1n) is 5.45. The number of halogens is 3. The summed E-state index contributed by atoms with van der Waals surface area (Å²) < 4.78 is 3.69. The van der Waals surface area contributed by atoms with Gasteiger partial charge in [0.15, 0.2) is 0 Å². The van der Waals surface area contributed by atoms with E-state index < -0.39 is 0 Å². The minimum absolute atomic E-state index is 0.447. The highest BCUT2D eigenvalue weighted by Crippen LogP contribution is 2.30. The van der Waals surface area contributed by atoms with Gasteiger partial charge in [-0.15, -0.1) is 0 Å². The molecule has 3 aromatic rings. The lowest BCUT2D eigenvalue weighted by molar-refractivity contribution is 1.11. The average molecular weight is 401 g/mol. The summed E-state index contributed by atoms with van der Waals surface area (Å²) in [6, 6.07) is 11.5. The van der Waals surface area contributed by atoms with Gasteiger partial charge in [-0.25, -0.2) is 4.98 Å². The molecule has 96 valence electrons. The van der Waals surface area contributed by atoms with Crippen molar-refractivity contribution in [3.63, 3.8) is 0 Å². The first kappa shape index (κ1) is 13.0. The second kappa shape index (κ2) is 4.81. The number of imidazole rings is 1. The predicted molar refractivity (Wildman–Crippen MR) is 85.9 cm³/mol. The van der Waals surface area contributed by atoms with Crippen molar-refractivity contribution in [1.29, 1.82) is 0 Å². The van der Waals surface area contributed by atoms with Crippen LogP contribution >= 0.6 is 43.5 Å². The third kappa shape index (κ3) is 2.26. The molecule has 0 bridgehead atoms. The lowest BCUT2D eigenvalue weighted by atomic mass is 10.3. The standard InChI is InChI=1S/C13H8Br2ClN3/c14-7-1-4-11-12(5-7)19(13(17)18-11)8-2-3-10(16)9(15)6-8/h1-6H,(H2,17,18). The van der Waals surface area contributed by atoms with Crippen LogP contribution in [0.3, 0.4) is 0 Å². The number of nitrogens with zero attached hydrogens (tertiary/aromatic N) is 2. The Morgan fingerprint density at radius 2 is 1.89 bits per heavy atom. The van der Waals surface area contributed by atoms with E-state index in [9.17, 15) is 0 Å². The zero-order chi connectivity index (χ0) is 13.6.